The molecule has 0 radical (unpaired) electrons. The van der Waals surface area contributed by atoms with E-state index in [1.807, 2.05) is 12.1 Å². The van der Waals surface area contributed by atoms with Crippen LogP contribution in [0.4, 0.5) is 0 Å². The number of hydrogen-bond donors (Lipinski definition) is 0. The monoisotopic (exact) mass is 223 g/mol. The van der Waals surface area contributed by atoms with Crippen molar-refractivity contribution in [3.63, 3.8) is 0 Å². The third-order valence-corrected chi connectivity index (χ3v) is 3.05. The molecule has 2 rings (SSSR count). The quantitative estimate of drug-likeness (QED) is 0.730. The summed E-state index contributed by atoms with van der Waals surface area (Å²) in [7, 11) is 0. The van der Waals surface area contributed by atoms with Gasteiger partial charge in [0.05, 0.1) is 6.54 Å². The third kappa shape index (κ3) is 2.06. The fraction of sp³-hybridized carbons (Fsp3) is 0.417. The molecule has 1 aliphatic rings. The number of Topliss-reactive ketones (excluding diaryl/α,β-unsaturated/α-hetero) is 1. The number of fused-ring (bicyclic) bond motifs is 1. The van der Waals surface area contributed by atoms with Gasteiger partial charge in [0.15, 0.2) is 5.78 Å². The Labute approximate surface area is 94.8 Å². The molecule has 0 spiro atoms. The van der Waals surface area contributed by atoms with Crippen molar-refractivity contribution in [2.75, 3.05) is 6.54 Å². The minimum Gasteiger partial charge on any atom is -0.293 e. The Bertz CT molecular complexity index is 401. The van der Waals surface area contributed by atoms with Crippen molar-refractivity contribution in [3.8, 4) is 0 Å². The van der Waals surface area contributed by atoms with Gasteiger partial charge in [-0.25, -0.2) is 0 Å². The van der Waals surface area contributed by atoms with E-state index in [2.05, 4.69) is 18.7 Å². The van der Waals surface area contributed by atoms with Crippen molar-refractivity contribution in [1.29, 1.82) is 0 Å². The second-order valence-corrected chi connectivity index (χ2v) is 4.66. The van der Waals surface area contributed by atoms with Crippen molar-refractivity contribution in [1.82, 2.24) is 4.90 Å². The summed E-state index contributed by atoms with van der Waals surface area (Å²) >= 11 is 5.92. The Morgan fingerprint density at radius 1 is 1.33 bits per heavy atom. The highest BCUT2D eigenvalue weighted by Crippen LogP contribution is 2.23. The minimum atomic E-state index is 0.196. The molecule has 0 aromatic heterocycles. The van der Waals surface area contributed by atoms with E-state index in [0.29, 0.717) is 17.6 Å². The Morgan fingerprint density at radius 3 is 2.73 bits per heavy atom. The van der Waals surface area contributed by atoms with Crippen LogP contribution in [-0.2, 0) is 6.54 Å². The van der Waals surface area contributed by atoms with Crippen LogP contribution < -0.4 is 0 Å². The summed E-state index contributed by atoms with van der Waals surface area (Å²) in [5.74, 6) is 0.196. The third-order valence-electron chi connectivity index (χ3n) is 2.82. The van der Waals surface area contributed by atoms with Gasteiger partial charge in [0.2, 0.25) is 0 Å². The van der Waals surface area contributed by atoms with Crippen LogP contribution >= 0.6 is 11.6 Å². The molecular weight excluding hydrogens is 210 g/mol. The lowest BCUT2D eigenvalue weighted by molar-refractivity contribution is 0.0868. The highest BCUT2D eigenvalue weighted by molar-refractivity contribution is 6.30. The summed E-state index contributed by atoms with van der Waals surface area (Å²) in [4.78, 5) is 14.0. The number of halogens is 1. The SMILES string of the molecule is CC(C)N1CC(=O)c2ccc(Cl)cc2C1. The van der Waals surface area contributed by atoms with Crippen LogP contribution in [-0.4, -0.2) is 23.3 Å². The highest BCUT2D eigenvalue weighted by atomic mass is 35.5. The molecule has 0 saturated heterocycles. The molecule has 1 aromatic carbocycles. The maximum Gasteiger partial charge on any atom is 0.177 e. The van der Waals surface area contributed by atoms with Crippen molar-refractivity contribution in [2.24, 2.45) is 0 Å². The van der Waals surface area contributed by atoms with Crippen molar-refractivity contribution < 1.29 is 4.79 Å². The van der Waals surface area contributed by atoms with Gasteiger partial charge >= 0.3 is 0 Å². The predicted molar refractivity (Wildman–Crippen MR) is 61.3 cm³/mol. The zero-order valence-corrected chi connectivity index (χ0v) is 9.71. The standard InChI is InChI=1S/C12H14ClNO/c1-8(2)14-6-9-5-10(13)3-4-11(9)12(15)7-14/h3-5,8H,6-7H2,1-2H3. The average molecular weight is 224 g/mol. The van der Waals surface area contributed by atoms with Gasteiger partial charge < -0.3 is 0 Å². The van der Waals surface area contributed by atoms with E-state index >= 15 is 0 Å². The molecule has 0 aliphatic carbocycles. The van der Waals surface area contributed by atoms with E-state index < -0.39 is 0 Å². The lowest BCUT2D eigenvalue weighted by atomic mass is 9.98. The van der Waals surface area contributed by atoms with Gasteiger partial charge in [0, 0.05) is 23.2 Å². The largest absolute Gasteiger partial charge is 0.293 e. The van der Waals surface area contributed by atoms with E-state index in [1.54, 1.807) is 6.07 Å². The maximum atomic E-state index is 11.8. The predicted octanol–water partition coefficient (Wildman–Crippen LogP) is 2.75. The summed E-state index contributed by atoms with van der Waals surface area (Å²) < 4.78 is 0. The first-order valence-corrected chi connectivity index (χ1v) is 5.51. The van der Waals surface area contributed by atoms with Gasteiger partial charge in [-0.2, -0.15) is 0 Å². The highest BCUT2D eigenvalue weighted by Gasteiger charge is 2.24. The molecule has 0 bridgehead atoms. The summed E-state index contributed by atoms with van der Waals surface area (Å²) in [5.41, 5.74) is 1.88. The van der Waals surface area contributed by atoms with Crippen LogP contribution in [0.3, 0.4) is 0 Å². The number of carbonyl (C=O) groups excluding carboxylic acids is 1. The Hall–Kier alpha value is -0.860. The Kier molecular flexibility index (Phi) is 2.81. The molecule has 3 heteroatoms. The molecule has 1 aliphatic heterocycles. The number of benzene rings is 1. The maximum absolute atomic E-state index is 11.8. The van der Waals surface area contributed by atoms with Crippen molar-refractivity contribution >= 4 is 17.4 Å². The van der Waals surface area contributed by atoms with Crippen LogP contribution in [0.1, 0.15) is 29.8 Å². The number of hydrogen-bond acceptors (Lipinski definition) is 2. The van der Waals surface area contributed by atoms with Crippen LogP contribution in [0.5, 0.6) is 0 Å². The van der Waals surface area contributed by atoms with Gasteiger partial charge in [-0.05, 0) is 37.6 Å². The molecule has 0 unspecified atom stereocenters. The Morgan fingerprint density at radius 2 is 2.07 bits per heavy atom. The van der Waals surface area contributed by atoms with Crippen LogP contribution in [0.15, 0.2) is 18.2 Å². The lowest BCUT2D eigenvalue weighted by Crippen LogP contribution is -2.39. The van der Waals surface area contributed by atoms with Crippen molar-refractivity contribution in [2.45, 2.75) is 26.4 Å². The molecule has 1 aromatic rings. The first kappa shape index (κ1) is 10.7. The molecule has 0 fully saturated rings. The van der Waals surface area contributed by atoms with E-state index in [9.17, 15) is 4.79 Å². The minimum absolute atomic E-state index is 0.196. The first-order valence-electron chi connectivity index (χ1n) is 5.13. The number of carbonyl (C=O) groups is 1. The van der Waals surface area contributed by atoms with Gasteiger partial charge in [-0.1, -0.05) is 11.6 Å². The average Bonchev–Trinajstić information content (AvgIpc) is 2.16. The topological polar surface area (TPSA) is 20.3 Å². The summed E-state index contributed by atoms with van der Waals surface area (Å²) in [6, 6.07) is 5.89. The zero-order chi connectivity index (χ0) is 11.0. The molecule has 0 amide bonds. The van der Waals surface area contributed by atoms with E-state index in [4.69, 9.17) is 11.6 Å². The molecule has 80 valence electrons. The fourth-order valence-corrected chi connectivity index (χ4v) is 2.07. The fourth-order valence-electron chi connectivity index (χ4n) is 1.87. The molecular formula is C12H14ClNO. The normalized spacial score (nSPS) is 16.9. The van der Waals surface area contributed by atoms with Crippen molar-refractivity contribution in [3.05, 3.63) is 34.3 Å². The second kappa shape index (κ2) is 3.95. The van der Waals surface area contributed by atoms with E-state index in [1.165, 1.54) is 0 Å². The molecule has 0 saturated carbocycles. The van der Waals surface area contributed by atoms with Crippen LogP contribution in [0, 0.1) is 0 Å². The summed E-state index contributed by atoms with van der Waals surface area (Å²) in [6.45, 7) is 5.54. The molecule has 0 atom stereocenters. The second-order valence-electron chi connectivity index (χ2n) is 4.22. The first-order chi connectivity index (χ1) is 7.08. The summed E-state index contributed by atoms with van der Waals surface area (Å²) in [6.07, 6.45) is 0. The molecule has 2 nitrogen and oxygen atoms in total. The smallest absolute Gasteiger partial charge is 0.177 e. The van der Waals surface area contributed by atoms with Gasteiger partial charge in [-0.15, -0.1) is 0 Å². The zero-order valence-electron chi connectivity index (χ0n) is 8.96. The number of nitrogens with zero attached hydrogens (tertiary/aromatic N) is 1. The van der Waals surface area contributed by atoms with Crippen LogP contribution in [0.25, 0.3) is 0 Å². The number of ketones is 1. The summed E-state index contributed by atoms with van der Waals surface area (Å²) in [5, 5.41) is 0.701. The van der Waals surface area contributed by atoms with Gasteiger partial charge in [0.1, 0.15) is 0 Å². The molecule has 0 N–H and O–H groups in total. The number of rotatable bonds is 1. The van der Waals surface area contributed by atoms with E-state index in [0.717, 1.165) is 17.7 Å². The van der Waals surface area contributed by atoms with Gasteiger partial charge in [-0.3, -0.25) is 9.69 Å². The molecule has 15 heavy (non-hydrogen) atoms. The van der Waals surface area contributed by atoms with Crippen LogP contribution in [0.2, 0.25) is 5.02 Å². The molecule has 1 heterocycles. The Balaban J connectivity index is 2.37. The lowest BCUT2D eigenvalue weighted by Gasteiger charge is -2.30. The van der Waals surface area contributed by atoms with E-state index in [-0.39, 0.29) is 5.78 Å². The van der Waals surface area contributed by atoms with Gasteiger partial charge in [0.25, 0.3) is 0 Å².